The van der Waals surface area contributed by atoms with Gasteiger partial charge in [0.05, 0.1) is 0 Å². The van der Waals surface area contributed by atoms with Crippen LogP contribution in [0.2, 0.25) is 0 Å². The third-order valence-corrected chi connectivity index (χ3v) is 4.93. The van der Waals surface area contributed by atoms with E-state index < -0.39 is 0 Å². The molecule has 1 fully saturated rings. The number of benzene rings is 2. The van der Waals surface area contributed by atoms with Gasteiger partial charge in [0.2, 0.25) is 5.91 Å². The van der Waals surface area contributed by atoms with Crippen LogP contribution in [0.5, 0.6) is 0 Å². The molecule has 0 aliphatic carbocycles. The molecular weight excluding hydrogens is 318 g/mol. The molecule has 24 heavy (non-hydrogen) atoms. The minimum absolute atomic E-state index is 0.137. The first-order valence-electron chi connectivity index (χ1n) is 8.78. The minimum atomic E-state index is -0.137. The topological polar surface area (TPSA) is 20.3 Å². The Kier molecular flexibility index (Phi) is 5.92. The third-order valence-electron chi connectivity index (χ3n) is 4.62. The summed E-state index contributed by atoms with van der Waals surface area (Å²) in [5, 5.41) is -0.137. The lowest BCUT2D eigenvalue weighted by atomic mass is 10.0. The van der Waals surface area contributed by atoms with E-state index in [-0.39, 0.29) is 11.3 Å². The Labute approximate surface area is 149 Å². The van der Waals surface area contributed by atoms with E-state index in [1.807, 2.05) is 23.1 Å². The Balaban J connectivity index is 1.54. The van der Waals surface area contributed by atoms with Gasteiger partial charge in [-0.1, -0.05) is 54.6 Å². The molecule has 3 rings (SSSR count). The fourth-order valence-corrected chi connectivity index (χ4v) is 3.56. The Morgan fingerprint density at radius 1 is 0.917 bits per heavy atom. The molecule has 1 heterocycles. The second-order valence-electron chi connectivity index (χ2n) is 6.51. The van der Waals surface area contributed by atoms with E-state index in [0.717, 1.165) is 32.4 Å². The van der Waals surface area contributed by atoms with Crippen molar-refractivity contribution < 1.29 is 4.79 Å². The number of nitrogens with zero attached hydrogens (tertiary/aromatic N) is 1. The minimum Gasteiger partial charge on any atom is -0.343 e. The predicted octanol–water partition coefficient (Wildman–Crippen LogP) is 4.91. The molecule has 1 aliphatic heterocycles. The summed E-state index contributed by atoms with van der Waals surface area (Å²) in [4.78, 5) is 14.2. The highest BCUT2D eigenvalue weighted by Gasteiger charge is 2.19. The van der Waals surface area contributed by atoms with Crippen molar-refractivity contribution in [3.05, 3.63) is 60.2 Å². The van der Waals surface area contributed by atoms with Gasteiger partial charge in [-0.3, -0.25) is 4.79 Å². The van der Waals surface area contributed by atoms with Crippen molar-refractivity contribution in [1.82, 2.24) is 4.90 Å². The Bertz CT molecular complexity index is 647. The number of alkyl halides is 1. The summed E-state index contributed by atoms with van der Waals surface area (Å²) in [5.41, 5.74) is 3.60. The second-order valence-corrected chi connectivity index (χ2v) is 7.13. The summed E-state index contributed by atoms with van der Waals surface area (Å²) in [5.74, 6) is 0.204. The fourth-order valence-electron chi connectivity index (χ4n) is 3.25. The van der Waals surface area contributed by atoms with Crippen LogP contribution in [0, 0.1) is 0 Å². The van der Waals surface area contributed by atoms with Gasteiger partial charge in [-0.2, -0.15) is 0 Å². The predicted molar refractivity (Wildman–Crippen MR) is 100 cm³/mol. The Morgan fingerprint density at radius 3 is 2.21 bits per heavy atom. The van der Waals surface area contributed by atoms with E-state index in [2.05, 4.69) is 36.4 Å². The van der Waals surface area contributed by atoms with E-state index in [0.29, 0.717) is 6.42 Å². The summed E-state index contributed by atoms with van der Waals surface area (Å²) in [6.45, 7) is 1.79. The average molecular weight is 342 g/mol. The van der Waals surface area contributed by atoms with Gasteiger partial charge in [0, 0.05) is 24.9 Å². The molecule has 0 saturated carbocycles. The van der Waals surface area contributed by atoms with Crippen LogP contribution in [-0.2, 0) is 11.2 Å². The molecule has 2 aromatic rings. The van der Waals surface area contributed by atoms with Crippen molar-refractivity contribution in [3.8, 4) is 11.1 Å². The standard InChI is InChI=1S/C21H24ClNO/c22-20(16-21(24)23-13-5-2-6-14-23)15-17-9-11-19(12-10-17)18-7-3-1-4-8-18/h1,3-4,7-12,20H,2,5-6,13-16H2. The zero-order chi connectivity index (χ0) is 16.8. The summed E-state index contributed by atoms with van der Waals surface area (Å²) >= 11 is 6.44. The highest BCUT2D eigenvalue weighted by molar-refractivity contribution is 6.21. The highest BCUT2D eigenvalue weighted by atomic mass is 35.5. The van der Waals surface area contributed by atoms with Crippen molar-refractivity contribution in [2.75, 3.05) is 13.1 Å². The van der Waals surface area contributed by atoms with Crippen molar-refractivity contribution in [2.24, 2.45) is 0 Å². The first kappa shape index (κ1) is 17.0. The van der Waals surface area contributed by atoms with E-state index in [4.69, 9.17) is 11.6 Å². The normalized spacial score (nSPS) is 16.0. The Morgan fingerprint density at radius 2 is 1.54 bits per heavy atom. The van der Waals surface area contributed by atoms with Gasteiger partial charge in [0.25, 0.3) is 0 Å². The van der Waals surface area contributed by atoms with Crippen LogP contribution < -0.4 is 0 Å². The van der Waals surface area contributed by atoms with Gasteiger partial charge < -0.3 is 4.90 Å². The molecule has 1 unspecified atom stereocenters. The maximum atomic E-state index is 12.3. The van der Waals surface area contributed by atoms with Crippen LogP contribution in [0.25, 0.3) is 11.1 Å². The monoisotopic (exact) mass is 341 g/mol. The number of carbonyl (C=O) groups excluding carboxylic acids is 1. The number of carbonyl (C=O) groups is 1. The molecule has 0 radical (unpaired) electrons. The van der Waals surface area contributed by atoms with Crippen molar-refractivity contribution in [1.29, 1.82) is 0 Å². The molecular formula is C21H24ClNO. The second kappa shape index (κ2) is 8.34. The molecule has 1 amide bonds. The summed E-state index contributed by atoms with van der Waals surface area (Å²) in [6.07, 6.45) is 4.65. The summed E-state index contributed by atoms with van der Waals surface area (Å²) in [6, 6.07) is 18.8. The number of rotatable bonds is 5. The van der Waals surface area contributed by atoms with Crippen LogP contribution in [0.4, 0.5) is 0 Å². The van der Waals surface area contributed by atoms with Crippen molar-refractivity contribution in [2.45, 2.75) is 37.5 Å². The zero-order valence-electron chi connectivity index (χ0n) is 14.0. The molecule has 0 aromatic heterocycles. The molecule has 0 N–H and O–H groups in total. The van der Waals surface area contributed by atoms with Gasteiger partial charge in [-0.25, -0.2) is 0 Å². The quantitative estimate of drug-likeness (QED) is 0.708. The first-order chi connectivity index (χ1) is 11.7. The van der Waals surface area contributed by atoms with Crippen molar-refractivity contribution in [3.63, 3.8) is 0 Å². The smallest absolute Gasteiger partial charge is 0.224 e. The molecule has 2 nitrogen and oxygen atoms in total. The summed E-state index contributed by atoms with van der Waals surface area (Å²) < 4.78 is 0. The largest absolute Gasteiger partial charge is 0.343 e. The maximum Gasteiger partial charge on any atom is 0.224 e. The number of hydrogen-bond acceptors (Lipinski definition) is 1. The molecule has 2 aromatic carbocycles. The highest BCUT2D eigenvalue weighted by Crippen LogP contribution is 2.21. The number of hydrogen-bond donors (Lipinski definition) is 0. The van der Waals surface area contributed by atoms with Gasteiger partial charge in [0.15, 0.2) is 0 Å². The lowest BCUT2D eigenvalue weighted by Gasteiger charge is -2.27. The third kappa shape index (κ3) is 4.61. The fraction of sp³-hybridized carbons (Fsp3) is 0.381. The van der Waals surface area contributed by atoms with Crippen LogP contribution in [0.1, 0.15) is 31.2 Å². The Hall–Kier alpha value is -1.80. The lowest BCUT2D eigenvalue weighted by molar-refractivity contribution is -0.132. The molecule has 0 bridgehead atoms. The number of likely N-dealkylation sites (tertiary alicyclic amines) is 1. The van der Waals surface area contributed by atoms with Crippen LogP contribution in [0.3, 0.4) is 0 Å². The van der Waals surface area contributed by atoms with Crippen molar-refractivity contribution >= 4 is 17.5 Å². The van der Waals surface area contributed by atoms with E-state index in [9.17, 15) is 4.79 Å². The number of halogens is 1. The zero-order valence-corrected chi connectivity index (χ0v) is 14.7. The van der Waals surface area contributed by atoms with Gasteiger partial charge in [-0.05, 0) is 42.4 Å². The van der Waals surface area contributed by atoms with Gasteiger partial charge in [0.1, 0.15) is 0 Å². The van der Waals surface area contributed by atoms with Crippen LogP contribution in [-0.4, -0.2) is 29.3 Å². The van der Waals surface area contributed by atoms with E-state index in [1.54, 1.807) is 0 Å². The molecule has 1 atom stereocenters. The summed E-state index contributed by atoms with van der Waals surface area (Å²) in [7, 11) is 0. The first-order valence-corrected chi connectivity index (χ1v) is 9.22. The molecule has 126 valence electrons. The molecule has 1 aliphatic rings. The number of amides is 1. The number of piperidine rings is 1. The van der Waals surface area contributed by atoms with Gasteiger partial charge in [-0.15, -0.1) is 11.6 Å². The average Bonchev–Trinajstić information content (AvgIpc) is 2.64. The molecule has 0 spiro atoms. The lowest BCUT2D eigenvalue weighted by Crippen LogP contribution is -2.36. The molecule has 3 heteroatoms. The SMILES string of the molecule is O=C(CC(Cl)Cc1ccc(-c2ccccc2)cc1)N1CCCCC1. The van der Waals surface area contributed by atoms with Crippen LogP contribution in [0.15, 0.2) is 54.6 Å². The van der Waals surface area contributed by atoms with E-state index >= 15 is 0 Å². The van der Waals surface area contributed by atoms with Crippen LogP contribution >= 0.6 is 11.6 Å². The maximum absolute atomic E-state index is 12.3. The van der Waals surface area contributed by atoms with Gasteiger partial charge >= 0.3 is 0 Å². The van der Waals surface area contributed by atoms with E-state index in [1.165, 1.54) is 23.1 Å². The molecule has 1 saturated heterocycles.